The summed E-state index contributed by atoms with van der Waals surface area (Å²) in [6, 6.07) is 10.6. The Bertz CT molecular complexity index is 1630. The van der Waals surface area contributed by atoms with Gasteiger partial charge in [0.25, 0.3) is 5.56 Å². The Kier molecular flexibility index (Phi) is 9.54. The van der Waals surface area contributed by atoms with E-state index in [9.17, 15) is 9.59 Å². The van der Waals surface area contributed by atoms with Crippen molar-refractivity contribution in [2.75, 3.05) is 45.4 Å². The lowest BCUT2D eigenvalue weighted by atomic mass is 9.95. The van der Waals surface area contributed by atoms with Gasteiger partial charge in [-0.1, -0.05) is 17.4 Å². The minimum Gasteiger partial charge on any atom is -0.496 e. The lowest BCUT2D eigenvalue weighted by Gasteiger charge is -2.25. The lowest BCUT2D eigenvalue weighted by molar-refractivity contribution is -0.139. The summed E-state index contributed by atoms with van der Waals surface area (Å²) in [4.78, 5) is 34.7. The van der Waals surface area contributed by atoms with E-state index in [1.54, 1.807) is 44.8 Å². The van der Waals surface area contributed by atoms with E-state index in [0.717, 1.165) is 24.3 Å². The second-order valence-electron chi connectivity index (χ2n) is 9.24. The van der Waals surface area contributed by atoms with Crippen molar-refractivity contribution >= 4 is 29.1 Å². The molecular weight excluding hydrogens is 542 g/mol. The number of anilines is 1. The van der Waals surface area contributed by atoms with Gasteiger partial charge in [-0.2, -0.15) is 0 Å². The van der Waals surface area contributed by atoms with E-state index in [1.807, 2.05) is 37.3 Å². The lowest BCUT2D eigenvalue weighted by Crippen LogP contribution is -2.40. The third kappa shape index (κ3) is 5.88. The maximum atomic E-state index is 14.0. The number of allylic oxidation sites excluding steroid dienone is 1. The van der Waals surface area contributed by atoms with Crippen molar-refractivity contribution in [2.45, 2.75) is 40.7 Å². The number of aromatic nitrogens is 1. The van der Waals surface area contributed by atoms with Crippen LogP contribution in [0, 0.1) is 0 Å². The van der Waals surface area contributed by atoms with Crippen LogP contribution >= 0.6 is 11.3 Å². The topological polar surface area (TPSA) is 91.6 Å². The van der Waals surface area contributed by atoms with E-state index < -0.39 is 12.0 Å². The fourth-order valence-electron chi connectivity index (χ4n) is 4.98. The number of rotatable bonds is 11. The van der Waals surface area contributed by atoms with Crippen LogP contribution in [-0.4, -0.2) is 51.1 Å². The van der Waals surface area contributed by atoms with Gasteiger partial charge < -0.3 is 23.8 Å². The Balaban J connectivity index is 1.93. The average molecular weight is 580 g/mol. The Hall–Kier alpha value is -4.05. The first-order valence-electron chi connectivity index (χ1n) is 13.7. The molecule has 0 saturated carbocycles. The highest BCUT2D eigenvalue weighted by Gasteiger charge is 2.34. The predicted molar refractivity (Wildman–Crippen MR) is 161 cm³/mol. The highest BCUT2D eigenvalue weighted by atomic mass is 32.1. The molecule has 0 N–H and O–H groups in total. The molecule has 218 valence electrons. The van der Waals surface area contributed by atoms with E-state index in [-0.39, 0.29) is 12.2 Å². The summed E-state index contributed by atoms with van der Waals surface area (Å²) in [6.07, 6.45) is 1.81. The highest BCUT2D eigenvalue weighted by Crippen LogP contribution is 2.36. The number of hydrogen-bond donors (Lipinski definition) is 0. The van der Waals surface area contributed by atoms with Crippen molar-refractivity contribution < 1.29 is 23.7 Å². The quantitative estimate of drug-likeness (QED) is 0.317. The molecule has 0 aliphatic carbocycles. The molecule has 1 aliphatic heterocycles. The van der Waals surface area contributed by atoms with Crippen LogP contribution in [0.1, 0.15) is 51.8 Å². The molecule has 0 bridgehead atoms. The SMILES string of the molecule is CCOC(=O)C1=C(C)N=c2sc(=Cc3ccc(N(CC)CC)cc3OC)c(=O)n2[C@H]1c1ccc(OC)c(OCC)c1. The third-order valence-electron chi connectivity index (χ3n) is 6.95. The molecule has 2 aromatic carbocycles. The molecule has 9 nitrogen and oxygen atoms in total. The van der Waals surface area contributed by atoms with Gasteiger partial charge in [-0.15, -0.1) is 0 Å². The molecule has 4 rings (SSSR count). The summed E-state index contributed by atoms with van der Waals surface area (Å²) in [5.74, 6) is 1.22. The van der Waals surface area contributed by atoms with Gasteiger partial charge >= 0.3 is 5.97 Å². The third-order valence-corrected chi connectivity index (χ3v) is 7.94. The van der Waals surface area contributed by atoms with E-state index in [4.69, 9.17) is 18.9 Å². The molecule has 0 amide bonds. The summed E-state index contributed by atoms with van der Waals surface area (Å²) < 4.78 is 24.4. The van der Waals surface area contributed by atoms with Crippen molar-refractivity contribution in [2.24, 2.45) is 4.99 Å². The smallest absolute Gasteiger partial charge is 0.338 e. The van der Waals surface area contributed by atoms with E-state index in [0.29, 0.717) is 50.0 Å². The van der Waals surface area contributed by atoms with Gasteiger partial charge in [-0.25, -0.2) is 9.79 Å². The number of ether oxygens (including phenoxy) is 4. The zero-order valence-corrected chi connectivity index (χ0v) is 25.5. The Morgan fingerprint density at radius 2 is 1.73 bits per heavy atom. The van der Waals surface area contributed by atoms with E-state index in [2.05, 4.69) is 23.7 Å². The largest absolute Gasteiger partial charge is 0.496 e. The van der Waals surface area contributed by atoms with Gasteiger partial charge in [0, 0.05) is 30.4 Å². The number of carbonyl (C=O) groups is 1. The molecule has 0 unspecified atom stereocenters. The van der Waals surface area contributed by atoms with Gasteiger partial charge in [0.05, 0.1) is 49.3 Å². The molecule has 0 spiro atoms. The molecule has 1 atom stereocenters. The van der Waals surface area contributed by atoms with Gasteiger partial charge in [0.1, 0.15) is 5.75 Å². The number of fused-ring (bicyclic) bond motifs is 1. The van der Waals surface area contributed by atoms with Crippen LogP contribution < -0.4 is 34.0 Å². The van der Waals surface area contributed by atoms with E-state index in [1.165, 1.54) is 11.3 Å². The van der Waals surface area contributed by atoms with Crippen molar-refractivity contribution in [1.82, 2.24) is 4.57 Å². The number of methoxy groups -OCH3 is 2. The van der Waals surface area contributed by atoms with Crippen LogP contribution in [0.3, 0.4) is 0 Å². The van der Waals surface area contributed by atoms with Crippen LogP contribution in [0.2, 0.25) is 0 Å². The fraction of sp³-hybridized carbons (Fsp3) is 0.387. The van der Waals surface area contributed by atoms with Crippen LogP contribution in [-0.2, 0) is 9.53 Å². The standard InChI is InChI=1S/C31H37N3O6S/c1-8-33(9-2)22-14-12-20(24(18-22)38-7)17-26-29(35)34-28(21-13-15-23(37-6)25(16-21)39-10-3)27(30(36)40-11-4)19(5)32-31(34)41-26/h12-18,28H,8-11H2,1-7H3/t28-/m0/s1. The fourth-order valence-corrected chi connectivity index (χ4v) is 6.02. The van der Waals surface area contributed by atoms with E-state index >= 15 is 0 Å². The average Bonchev–Trinajstić information content (AvgIpc) is 3.27. The van der Waals surface area contributed by atoms with Gasteiger partial charge in [0.15, 0.2) is 16.3 Å². The molecule has 41 heavy (non-hydrogen) atoms. The second-order valence-corrected chi connectivity index (χ2v) is 10.3. The summed E-state index contributed by atoms with van der Waals surface area (Å²) in [7, 11) is 3.19. The molecule has 3 aromatic rings. The number of esters is 1. The molecule has 1 aliphatic rings. The monoisotopic (exact) mass is 579 g/mol. The summed E-state index contributed by atoms with van der Waals surface area (Å²) in [5, 5.41) is 0. The molecule has 1 aromatic heterocycles. The maximum absolute atomic E-state index is 14.0. The number of benzene rings is 2. The normalized spacial score (nSPS) is 14.8. The van der Waals surface area contributed by atoms with Crippen molar-refractivity contribution in [3.05, 3.63) is 78.5 Å². The first-order valence-corrected chi connectivity index (χ1v) is 14.6. The van der Waals surface area contributed by atoms with Crippen molar-refractivity contribution in [3.8, 4) is 17.2 Å². The van der Waals surface area contributed by atoms with Crippen LogP contribution in [0.25, 0.3) is 6.08 Å². The summed E-state index contributed by atoms with van der Waals surface area (Å²) in [6.45, 7) is 12.0. The molecular formula is C31H37N3O6S. The zero-order valence-electron chi connectivity index (χ0n) is 24.6. The minimum atomic E-state index is -0.760. The van der Waals surface area contributed by atoms with Gasteiger partial charge in [0.2, 0.25) is 0 Å². The van der Waals surface area contributed by atoms with Crippen LogP contribution in [0.5, 0.6) is 17.2 Å². The van der Waals surface area contributed by atoms with Gasteiger partial charge in [-0.05, 0) is 70.5 Å². The first kappa shape index (κ1) is 29.9. The molecule has 0 fully saturated rings. The predicted octanol–water partition coefficient (Wildman–Crippen LogP) is 4.06. The number of thiazole rings is 1. The Labute approximate surface area is 244 Å². The Morgan fingerprint density at radius 1 is 1.00 bits per heavy atom. The van der Waals surface area contributed by atoms with Crippen molar-refractivity contribution in [1.29, 1.82) is 0 Å². The summed E-state index contributed by atoms with van der Waals surface area (Å²) >= 11 is 1.27. The number of nitrogens with zero attached hydrogens (tertiary/aromatic N) is 3. The zero-order chi connectivity index (χ0) is 29.7. The van der Waals surface area contributed by atoms with Crippen LogP contribution in [0.4, 0.5) is 5.69 Å². The Morgan fingerprint density at radius 3 is 2.37 bits per heavy atom. The number of carbonyl (C=O) groups excluding carboxylic acids is 1. The number of hydrogen-bond acceptors (Lipinski definition) is 9. The van der Waals surface area contributed by atoms with Gasteiger partial charge in [-0.3, -0.25) is 9.36 Å². The van der Waals surface area contributed by atoms with Crippen LogP contribution in [0.15, 0.2) is 57.5 Å². The summed E-state index contributed by atoms with van der Waals surface area (Å²) in [5.41, 5.74) is 3.03. The molecule has 10 heteroatoms. The molecule has 0 radical (unpaired) electrons. The first-order chi connectivity index (χ1) is 19.8. The maximum Gasteiger partial charge on any atom is 0.338 e. The molecule has 0 saturated heterocycles. The van der Waals surface area contributed by atoms with Crippen molar-refractivity contribution in [3.63, 3.8) is 0 Å². The second kappa shape index (κ2) is 13.1. The minimum absolute atomic E-state index is 0.197. The highest BCUT2D eigenvalue weighted by molar-refractivity contribution is 7.07. The molecule has 2 heterocycles.